The molecule has 1 aliphatic rings. The van der Waals surface area contributed by atoms with E-state index in [-0.39, 0.29) is 17.4 Å². The maximum atomic E-state index is 10.7. The van der Waals surface area contributed by atoms with Gasteiger partial charge in [0.25, 0.3) is 0 Å². The molecule has 0 spiro atoms. The topological polar surface area (TPSA) is 70.1 Å². The summed E-state index contributed by atoms with van der Waals surface area (Å²) in [5.74, 6) is -1.25. The van der Waals surface area contributed by atoms with Crippen molar-refractivity contribution in [2.75, 3.05) is 6.61 Å². The minimum Gasteiger partial charge on any atom is -0.507 e. The molecule has 2 rings (SSSR count). The molecule has 1 aromatic carbocycles. The van der Waals surface area contributed by atoms with Gasteiger partial charge in [-0.05, 0) is 11.6 Å². The molecule has 0 aromatic heterocycles. The molecule has 1 heterocycles. The highest BCUT2D eigenvalue weighted by atomic mass is 16.6. The predicted octanol–water partition coefficient (Wildman–Crippen LogP) is 1.03. The Labute approximate surface area is 80.7 Å². The maximum absolute atomic E-state index is 10.7. The van der Waals surface area contributed by atoms with Crippen molar-refractivity contribution in [1.82, 2.24) is 0 Å². The summed E-state index contributed by atoms with van der Waals surface area (Å²) in [6, 6.07) is 4.72. The van der Waals surface area contributed by atoms with Crippen LogP contribution in [0.1, 0.15) is 15.9 Å². The van der Waals surface area contributed by atoms with Crippen LogP contribution in [0, 0.1) is 0 Å². The van der Waals surface area contributed by atoms with Gasteiger partial charge in [-0.2, -0.15) is 0 Å². The first-order valence-corrected chi connectivity index (χ1v) is 4.34. The lowest BCUT2D eigenvalue weighted by molar-refractivity contribution is 0.0693. The molecule has 4 heteroatoms. The first kappa shape index (κ1) is 9.02. The number of hydrogen-bond acceptors (Lipinski definition) is 3. The van der Waals surface area contributed by atoms with E-state index in [4.69, 9.17) is 9.84 Å². The third-order valence-corrected chi connectivity index (χ3v) is 2.20. The molecule has 1 fully saturated rings. The number of hydrogen-bond donors (Lipinski definition) is 2. The average Bonchev–Trinajstić information content (AvgIpc) is 2.92. The van der Waals surface area contributed by atoms with Gasteiger partial charge in [-0.15, -0.1) is 0 Å². The van der Waals surface area contributed by atoms with Gasteiger partial charge in [-0.25, -0.2) is 4.79 Å². The first-order valence-electron chi connectivity index (χ1n) is 4.34. The SMILES string of the molecule is O=C(O)c1cccc(CC2CO2)c1O. The molecule has 74 valence electrons. The Balaban J connectivity index is 2.30. The van der Waals surface area contributed by atoms with Crippen LogP contribution < -0.4 is 0 Å². The van der Waals surface area contributed by atoms with Gasteiger partial charge in [0.15, 0.2) is 0 Å². The molecule has 0 amide bonds. The second-order valence-electron chi connectivity index (χ2n) is 3.28. The van der Waals surface area contributed by atoms with Gasteiger partial charge < -0.3 is 14.9 Å². The number of rotatable bonds is 3. The molecule has 0 aliphatic carbocycles. The van der Waals surface area contributed by atoms with E-state index in [1.165, 1.54) is 6.07 Å². The molecule has 1 atom stereocenters. The van der Waals surface area contributed by atoms with Crippen molar-refractivity contribution >= 4 is 5.97 Å². The van der Waals surface area contributed by atoms with Gasteiger partial charge >= 0.3 is 5.97 Å². The highest BCUT2D eigenvalue weighted by molar-refractivity contribution is 5.91. The zero-order valence-corrected chi connectivity index (χ0v) is 7.43. The number of ether oxygens (including phenoxy) is 1. The third kappa shape index (κ3) is 1.70. The highest BCUT2D eigenvalue weighted by Crippen LogP contribution is 2.26. The van der Waals surface area contributed by atoms with Gasteiger partial charge in [0.1, 0.15) is 11.3 Å². The van der Waals surface area contributed by atoms with Crippen LogP contribution >= 0.6 is 0 Å². The summed E-state index contributed by atoms with van der Waals surface area (Å²) in [7, 11) is 0. The molecule has 0 saturated carbocycles. The summed E-state index contributed by atoms with van der Waals surface area (Å²) in [6.45, 7) is 0.691. The summed E-state index contributed by atoms with van der Waals surface area (Å²) in [5, 5.41) is 18.3. The van der Waals surface area contributed by atoms with Crippen molar-refractivity contribution < 1.29 is 19.7 Å². The van der Waals surface area contributed by atoms with Gasteiger partial charge in [0, 0.05) is 6.42 Å². The minimum atomic E-state index is -1.11. The fraction of sp³-hybridized carbons (Fsp3) is 0.300. The number of aromatic hydroxyl groups is 1. The van der Waals surface area contributed by atoms with E-state index in [1.54, 1.807) is 12.1 Å². The second-order valence-corrected chi connectivity index (χ2v) is 3.28. The minimum absolute atomic E-state index is 0.0526. The second kappa shape index (κ2) is 3.31. The van der Waals surface area contributed by atoms with Crippen LogP contribution in [-0.2, 0) is 11.2 Å². The lowest BCUT2D eigenvalue weighted by atomic mass is 10.0. The van der Waals surface area contributed by atoms with Crippen molar-refractivity contribution in [1.29, 1.82) is 0 Å². The molecular formula is C10H10O4. The molecule has 1 unspecified atom stereocenters. The van der Waals surface area contributed by atoms with E-state index < -0.39 is 5.97 Å². The van der Waals surface area contributed by atoms with Gasteiger partial charge in [0.2, 0.25) is 0 Å². The van der Waals surface area contributed by atoms with Crippen LogP contribution in [0.2, 0.25) is 0 Å². The molecule has 2 N–H and O–H groups in total. The molecular weight excluding hydrogens is 184 g/mol. The molecule has 1 aromatic rings. The molecule has 0 radical (unpaired) electrons. The van der Waals surface area contributed by atoms with Crippen LogP contribution in [0.4, 0.5) is 0 Å². The van der Waals surface area contributed by atoms with Crippen LogP contribution in [0.15, 0.2) is 18.2 Å². The van der Waals surface area contributed by atoms with Crippen molar-refractivity contribution in [3.05, 3.63) is 29.3 Å². The molecule has 4 nitrogen and oxygen atoms in total. The Morgan fingerprint density at radius 3 is 2.86 bits per heavy atom. The van der Waals surface area contributed by atoms with Gasteiger partial charge in [0.05, 0.1) is 12.7 Å². The normalized spacial score (nSPS) is 19.3. The van der Waals surface area contributed by atoms with E-state index in [0.717, 1.165) is 0 Å². The van der Waals surface area contributed by atoms with Gasteiger partial charge in [-0.1, -0.05) is 12.1 Å². The van der Waals surface area contributed by atoms with Crippen LogP contribution in [-0.4, -0.2) is 28.9 Å². The largest absolute Gasteiger partial charge is 0.507 e. The molecule has 1 aliphatic heterocycles. The number of carbonyl (C=O) groups is 1. The number of carboxylic acid groups (broad SMARTS) is 1. The van der Waals surface area contributed by atoms with E-state index >= 15 is 0 Å². The van der Waals surface area contributed by atoms with E-state index in [1.807, 2.05) is 0 Å². The van der Waals surface area contributed by atoms with Crippen molar-refractivity contribution in [3.8, 4) is 5.75 Å². The standard InChI is InChI=1S/C10H10O4/c11-9-6(4-7-5-14-7)2-1-3-8(9)10(12)13/h1-3,7,11H,4-5H2,(H,12,13). The smallest absolute Gasteiger partial charge is 0.339 e. The summed E-state index contributed by atoms with van der Waals surface area (Å²) in [6.07, 6.45) is 0.720. The number of carboxylic acids is 1. The highest BCUT2D eigenvalue weighted by Gasteiger charge is 2.25. The lowest BCUT2D eigenvalue weighted by Crippen LogP contribution is -2.00. The van der Waals surface area contributed by atoms with Crippen molar-refractivity contribution in [2.45, 2.75) is 12.5 Å². The predicted molar refractivity (Wildman–Crippen MR) is 48.5 cm³/mol. The number of epoxide rings is 1. The molecule has 1 saturated heterocycles. The Kier molecular flexibility index (Phi) is 2.13. The number of para-hydroxylation sites is 1. The lowest BCUT2D eigenvalue weighted by Gasteiger charge is -2.04. The first-order chi connectivity index (χ1) is 6.68. The van der Waals surface area contributed by atoms with Crippen LogP contribution in [0.3, 0.4) is 0 Å². The Bertz CT molecular complexity index is 368. The van der Waals surface area contributed by atoms with Crippen molar-refractivity contribution in [2.24, 2.45) is 0 Å². The van der Waals surface area contributed by atoms with Crippen LogP contribution in [0.5, 0.6) is 5.75 Å². The number of benzene rings is 1. The van der Waals surface area contributed by atoms with E-state index in [9.17, 15) is 9.90 Å². The van der Waals surface area contributed by atoms with E-state index in [2.05, 4.69) is 0 Å². The monoisotopic (exact) mass is 194 g/mol. The molecule has 14 heavy (non-hydrogen) atoms. The summed E-state index contributed by atoms with van der Waals surface area (Å²) in [4.78, 5) is 10.7. The fourth-order valence-corrected chi connectivity index (χ4v) is 1.36. The maximum Gasteiger partial charge on any atom is 0.339 e. The summed E-state index contributed by atoms with van der Waals surface area (Å²) >= 11 is 0. The zero-order valence-electron chi connectivity index (χ0n) is 7.43. The van der Waals surface area contributed by atoms with Crippen molar-refractivity contribution in [3.63, 3.8) is 0 Å². The average molecular weight is 194 g/mol. The number of aromatic carboxylic acids is 1. The Hall–Kier alpha value is -1.55. The molecule has 0 bridgehead atoms. The Morgan fingerprint density at radius 1 is 1.57 bits per heavy atom. The number of phenols is 1. The quantitative estimate of drug-likeness (QED) is 0.705. The fourth-order valence-electron chi connectivity index (χ4n) is 1.36. The van der Waals surface area contributed by atoms with E-state index in [0.29, 0.717) is 18.6 Å². The summed E-state index contributed by atoms with van der Waals surface area (Å²) in [5.41, 5.74) is 0.579. The van der Waals surface area contributed by atoms with Gasteiger partial charge in [-0.3, -0.25) is 0 Å². The third-order valence-electron chi connectivity index (χ3n) is 2.20. The van der Waals surface area contributed by atoms with Crippen LogP contribution in [0.25, 0.3) is 0 Å². The summed E-state index contributed by atoms with van der Waals surface area (Å²) < 4.78 is 5.01. The Morgan fingerprint density at radius 2 is 2.29 bits per heavy atom. The zero-order chi connectivity index (χ0) is 10.1.